The molecule has 1 N–H and O–H groups in total. The molecule has 1 saturated heterocycles. The monoisotopic (exact) mass is 440 g/mol. The lowest BCUT2D eigenvalue weighted by molar-refractivity contribution is -0.140. The summed E-state index contributed by atoms with van der Waals surface area (Å²) in [6.07, 6.45) is 3.48. The van der Waals surface area contributed by atoms with Gasteiger partial charge in [-0.3, -0.25) is 19.2 Å². The van der Waals surface area contributed by atoms with Crippen molar-refractivity contribution in [1.82, 2.24) is 4.90 Å². The van der Waals surface area contributed by atoms with Gasteiger partial charge in [0.25, 0.3) is 10.0 Å². The molecule has 31 heavy (non-hydrogen) atoms. The molecule has 0 radical (unpaired) electrons. The standard InChI is InChI=1S/C24H28N2O4S/c1-15-11-12-18(14-26-23(27)19-9-4-5-10-20(19)24(26)28)13-21(15)31(29,30)25-22-16(2)7-6-8-17(22)3/h6-8,11-13,19-20,25H,4-5,9-10,14H2,1-3H3/t19-,20-/m1/s1. The van der Waals surface area contributed by atoms with Gasteiger partial charge in [-0.2, -0.15) is 0 Å². The van der Waals surface area contributed by atoms with E-state index in [0.29, 0.717) is 16.8 Å². The minimum Gasteiger partial charge on any atom is -0.279 e. The van der Waals surface area contributed by atoms with E-state index in [1.807, 2.05) is 32.0 Å². The molecule has 2 aromatic carbocycles. The van der Waals surface area contributed by atoms with E-state index in [2.05, 4.69) is 4.72 Å². The van der Waals surface area contributed by atoms with Crippen LogP contribution in [-0.2, 0) is 26.2 Å². The van der Waals surface area contributed by atoms with E-state index in [9.17, 15) is 18.0 Å². The number of sulfonamides is 1. The van der Waals surface area contributed by atoms with Crippen LogP contribution in [0, 0.1) is 32.6 Å². The number of nitrogens with zero attached hydrogens (tertiary/aromatic N) is 1. The zero-order valence-corrected chi connectivity index (χ0v) is 19.0. The van der Waals surface area contributed by atoms with Crippen LogP contribution in [0.3, 0.4) is 0 Å². The lowest BCUT2D eigenvalue weighted by atomic mass is 9.81. The van der Waals surface area contributed by atoms with Crippen LogP contribution in [0.4, 0.5) is 5.69 Å². The fourth-order valence-corrected chi connectivity index (χ4v) is 6.27. The molecule has 1 aliphatic heterocycles. The van der Waals surface area contributed by atoms with Gasteiger partial charge in [-0.25, -0.2) is 8.42 Å². The second-order valence-electron chi connectivity index (χ2n) is 8.73. The Morgan fingerprint density at radius 1 is 0.903 bits per heavy atom. The Labute approximate surface area is 183 Å². The van der Waals surface area contributed by atoms with Crippen molar-refractivity contribution in [2.75, 3.05) is 4.72 Å². The highest BCUT2D eigenvalue weighted by molar-refractivity contribution is 7.92. The number of aryl methyl sites for hydroxylation is 3. The first-order valence-electron chi connectivity index (χ1n) is 10.7. The molecule has 0 bridgehead atoms. The molecule has 164 valence electrons. The number of likely N-dealkylation sites (tertiary alicyclic amines) is 1. The highest BCUT2D eigenvalue weighted by Crippen LogP contribution is 2.38. The van der Waals surface area contributed by atoms with Crippen molar-refractivity contribution in [2.24, 2.45) is 11.8 Å². The largest absolute Gasteiger partial charge is 0.279 e. The third kappa shape index (κ3) is 3.99. The summed E-state index contributed by atoms with van der Waals surface area (Å²) in [4.78, 5) is 27.1. The number of imide groups is 1. The van der Waals surface area contributed by atoms with Crippen molar-refractivity contribution < 1.29 is 18.0 Å². The van der Waals surface area contributed by atoms with E-state index < -0.39 is 10.0 Å². The van der Waals surface area contributed by atoms with Crippen LogP contribution < -0.4 is 4.72 Å². The van der Waals surface area contributed by atoms with Crippen LogP contribution in [0.2, 0.25) is 0 Å². The van der Waals surface area contributed by atoms with Gasteiger partial charge < -0.3 is 0 Å². The zero-order valence-electron chi connectivity index (χ0n) is 18.1. The first kappa shape index (κ1) is 21.6. The number of rotatable bonds is 5. The van der Waals surface area contributed by atoms with Gasteiger partial charge in [-0.1, -0.05) is 43.2 Å². The first-order valence-corrected chi connectivity index (χ1v) is 12.2. The van der Waals surface area contributed by atoms with Gasteiger partial charge in [-0.05, 0) is 61.9 Å². The molecule has 1 aliphatic carbocycles. The van der Waals surface area contributed by atoms with Gasteiger partial charge in [0.05, 0.1) is 29.0 Å². The fourth-order valence-electron chi connectivity index (χ4n) is 4.77. The van der Waals surface area contributed by atoms with Gasteiger partial charge in [0.15, 0.2) is 0 Å². The van der Waals surface area contributed by atoms with Crippen molar-refractivity contribution in [2.45, 2.75) is 57.9 Å². The van der Waals surface area contributed by atoms with Crippen molar-refractivity contribution >= 4 is 27.5 Å². The summed E-state index contributed by atoms with van der Waals surface area (Å²) >= 11 is 0. The number of hydrogen-bond acceptors (Lipinski definition) is 4. The Kier molecular flexibility index (Phi) is 5.64. The van der Waals surface area contributed by atoms with Crippen LogP contribution in [0.5, 0.6) is 0 Å². The van der Waals surface area contributed by atoms with Crippen molar-refractivity contribution in [1.29, 1.82) is 0 Å². The number of carbonyl (C=O) groups is 2. The topological polar surface area (TPSA) is 83.6 Å². The minimum atomic E-state index is -3.83. The predicted octanol–water partition coefficient (Wildman–Crippen LogP) is 4.09. The number of para-hydroxylation sites is 1. The Hall–Kier alpha value is -2.67. The predicted molar refractivity (Wildman–Crippen MR) is 119 cm³/mol. The molecule has 1 heterocycles. The molecule has 4 rings (SSSR count). The highest BCUT2D eigenvalue weighted by atomic mass is 32.2. The van der Waals surface area contributed by atoms with Crippen molar-refractivity contribution in [3.63, 3.8) is 0 Å². The molecule has 1 saturated carbocycles. The second-order valence-corrected chi connectivity index (χ2v) is 10.4. The molecule has 0 spiro atoms. The van der Waals surface area contributed by atoms with E-state index in [1.54, 1.807) is 25.1 Å². The van der Waals surface area contributed by atoms with E-state index in [4.69, 9.17) is 0 Å². The summed E-state index contributed by atoms with van der Waals surface area (Å²) in [6, 6.07) is 10.7. The fraction of sp³-hybridized carbons (Fsp3) is 0.417. The Morgan fingerprint density at radius 2 is 1.48 bits per heavy atom. The molecular weight excluding hydrogens is 412 g/mol. The normalized spacial score (nSPS) is 21.3. The zero-order chi connectivity index (χ0) is 22.3. The SMILES string of the molecule is Cc1ccc(CN2C(=O)[C@@H]3CCCC[C@H]3C2=O)cc1S(=O)(=O)Nc1c(C)cccc1C. The van der Waals surface area contributed by atoms with E-state index in [1.165, 1.54) is 4.90 Å². The highest BCUT2D eigenvalue weighted by Gasteiger charge is 2.47. The molecule has 2 aromatic rings. The average Bonchev–Trinajstić information content (AvgIpc) is 2.97. The van der Waals surface area contributed by atoms with Gasteiger partial charge in [0.1, 0.15) is 0 Å². The van der Waals surface area contributed by atoms with E-state index >= 15 is 0 Å². The quantitative estimate of drug-likeness (QED) is 0.710. The van der Waals surface area contributed by atoms with Crippen LogP contribution in [-0.4, -0.2) is 25.1 Å². The summed E-state index contributed by atoms with van der Waals surface area (Å²) in [6.45, 7) is 5.57. The molecule has 2 aliphatic rings. The van der Waals surface area contributed by atoms with Crippen molar-refractivity contribution in [3.05, 3.63) is 58.7 Å². The molecule has 2 atom stereocenters. The molecule has 0 aromatic heterocycles. The molecule has 2 fully saturated rings. The number of carbonyl (C=O) groups excluding carboxylic acids is 2. The number of fused-ring (bicyclic) bond motifs is 1. The van der Waals surface area contributed by atoms with Crippen LogP contribution >= 0.6 is 0 Å². The number of amides is 2. The van der Waals surface area contributed by atoms with Crippen LogP contribution in [0.25, 0.3) is 0 Å². The summed E-state index contributed by atoms with van der Waals surface area (Å²) in [7, 11) is -3.83. The minimum absolute atomic E-state index is 0.108. The number of nitrogens with one attached hydrogen (secondary N) is 1. The Bertz CT molecular complexity index is 1110. The lowest BCUT2D eigenvalue weighted by Gasteiger charge is -2.19. The molecule has 2 amide bonds. The van der Waals surface area contributed by atoms with Gasteiger partial charge in [0, 0.05) is 0 Å². The smallest absolute Gasteiger partial charge is 0.262 e. The Morgan fingerprint density at radius 3 is 2.06 bits per heavy atom. The maximum absolute atomic E-state index is 13.2. The first-order chi connectivity index (χ1) is 14.7. The van der Waals surface area contributed by atoms with Crippen LogP contribution in [0.1, 0.15) is 47.9 Å². The van der Waals surface area contributed by atoms with Gasteiger partial charge in [0.2, 0.25) is 11.8 Å². The second kappa shape index (κ2) is 8.11. The summed E-state index contributed by atoms with van der Waals surface area (Å²) in [5, 5.41) is 0. The third-order valence-electron chi connectivity index (χ3n) is 6.53. The Balaban J connectivity index is 1.61. The number of hydrogen-bond donors (Lipinski definition) is 1. The number of benzene rings is 2. The number of anilines is 1. The molecular formula is C24H28N2O4S. The summed E-state index contributed by atoms with van der Waals surface area (Å²) in [5.74, 6) is -0.650. The third-order valence-corrected chi connectivity index (χ3v) is 8.02. The van der Waals surface area contributed by atoms with Crippen molar-refractivity contribution in [3.8, 4) is 0 Å². The lowest BCUT2D eigenvalue weighted by Crippen LogP contribution is -2.30. The molecule has 7 heteroatoms. The van der Waals surface area contributed by atoms with E-state index in [0.717, 1.165) is 36.8 Å². The van der Waals surface area contributed by atoms with E-state index in [-0.39, 0.29) is 35.1 Å². The van der Waals surface area contributed by atoms with Gasteiger partial charge in [-0.15, -0.1) is 0 Å². The maximum Gasteiger partial charge on any atom is 0.262 e. The van der Waals surface area contributed by atoms with Crippen LogP contribution in [0.15, 0.2) is 41.3 Å². The van der Waals surface area contributed by atoms with Gasteiger partial charge >= 0.3 is 0 Å². The molecule has 0 unspecified atom stereocenters. The maximum atomic E-state index is 13.2. The summed E-state index contributed by atoms with van der Waals surface area (Å²) in [5.41, 5.74) is 3.49. The molecule has 6 nitrogen and oxygen atoms in total. The average molecular weight is 441 g/mol. The summed E-state index contributed by atoms with van der Waals surface area (Å²) < 4.78 is 29.1.